The second-order valence-electron chi connectivity index (χ2n) is 6.04. The molecule has 0 saturated carbocycles. The fourth-order valence-electron chi connectivity index (χ4n) is 1.78. The number of rotatable bonds is 6. The van der Waals surface area contributed by atoms with E-state index in [1.807, 2.05) is 12.1 Å². The minimum absolute atomic E-state index is 0.170. The van der Waals surface area contributed by atoms with Crippen LogP contribution in [0, 0.1) is 17.2 Å². The Balaban J connectivity index is 2.66. The maximum atomic E-state index is 12.9. The molecule has 0 aromatic heterocycles. The standard InChI is InChI=1S/C16H26FN/c1-6-15(13-7-9-14(17)10-8-13)18-11-16(4,5)12(2)3/h7-10,12,15,18H,6,11H2,1-5H3. The van der Waals surface area contributed by atoms with Crippen molar-refractivity contribution >= 4 is 0 Å². The molecule has 1 unspecified atom stereocenters. The maximum absolute atomic E-state index is 12.9. The molecule has 0 fully saturated rings. The number of hydrogen-bond donors (Lipinski definition) is 1. The molecule has 0 aliphatic carbocycles. The van der Waals surface area contributed by atoms with Gasteiger partial charge in [0.05, 0.1) is 0 Å². The van der Waals surface area contributed by atoms with Crippen LogP contribution >= 0.6 is 0 Å². The zero-order chi connectivity index (χ0) is 13.8. The lowest BCUT2D eigenvalue weighted by Crippen LogP contribution is -2.35. The topological polar surface area (TPSA) is 12.0 Å². The summed E-state index contributed by atoms with van der Waals surface area (Å²) in [5.74, 6) is 0.465. The van der Waals surface area contributed by atoms with E-state index in [0.717, 1.165) is 13.0 Å². The summed E-state index contributed by atoms with van der Waals surface area (Å²) >= 11 is 0. The van der Waals surface area contributed by atoms with E-state index in [1.165, 1.54) is 17.7 Å². The van der Waals surface area contributed by atoms with Crippen molar-refractivity contribution in [2.75, 3.05) is 6.54 Å². The fourth-order valence-corrected chi connectivity index (χ4v) is 1.78. The lowest BCUT2D eigenvalue weighted by molar-refractivity contribution is 0.227. The smallest absolute Gasteiger partial charge is 0.123 e. The third kappa shape index (κ3) is 4.09. The average molecular weight is 251 g/mol. The van der Waals surface area contributed by atoms with Crippen LogP contribution in [-0.4, -0.2) is 6.54 Å². The molecule has 1 aromatic carbocycles. The second kappa shape index (κ2) is 6.33. The van der Waals surface area contributed by atoms with Crippen LogP contribution in [0.3, 0.4) is 0 Å². The summed E-state index contributed by atoms with van der Waals surface area (Å²) in [5, 5.41) is 3.60. The van der Waals surface area contributed by atoms with Crippen LogP contribution in [0.2, 0.25) is 0 Å². The second-order valence-corrected chi connectivity index (χ2v) is 6.04. The van der Waals surface area contributed by atoms with Gasteiger partial charge >= 0.3 is 0 Å². The lowest BCUT2D eigenvalue weighted by atomic mass is 9.81. The molecule has 0 bridgehead atoms. The molecule has 0 amide bonds. The highest BCUT2D eigenvalue weighted by molar-refractivity contribution is 5.19. The van der Waals surface area contributed by atoms with Crippen molar-refractivity contribution in [3.8, 4) is 0 Å². The zero-order valence-corrected chi connectivity index (χ0v) is 12.3. The van der Waals surface area contributed by atoms with Crippen molar-refractivity contribution in [3.63, 3.8) is 0 Å². The van der Waals surface area contributed by atoms with Crippen molar-refractivity contribution in [2.24, 2.45) is 11.3 Å². The van der Waals surface area contributed by atoms with Crippen LogP contribution in [-0.2, 0) is 0 Å². The minimum Gasteiger partial charge on any atom is -0.309 e. The van der Waals surface area contributed by atoms with Gasteiger partial charge in [-0.15, -0.1) is 0 Å². The number of hydrogen-bond acceptors (Lipinski definition) is 1. The fraction of sp³-hybridized carbons (Fsp3) is 0.625. The third-order valence-corrected chi connectivity index (χ3v) is 4.05. The summed E-state index contributed by atoms with van der Waals surface area (Å²) in [5.41, 5.74) is 1.44. The van der Waals surface area contributed by atoms with Gasteiger partial charge in [0.1, 0.15) is 5.82 Å². The molecular formula is C16H26FN. The highest BCUT2D eigenvalue weighted by Crippen LogP contribution is 2.26. The van der Waals surface area contributed by atoms with E-state index >= 15 is 0 Å². The minimum atomic E-state index is -0.170. The Bertz CT molecular complexity index is 354. The highest BCUT2D eigenvalue weighted by atomic mass is 19.1. The molecule has 102 valence electrons. The summed E-state index contributed by atoms with van der Waals surface area (Å²) in [6.45, 7) is 12.2. The lowest BCUT2D eigenvalue weighted by Gasteiger charge is -2.32. The summed E-state index contributed by atoms with van der Waals surface area (Å²) in [6, 6.07) is 7.13. The summed E-state index contributed by atoms with van der Waals surface area (Å²) in [4.78, 5) is 0. The molecule has 0 saturated heterocycles. The van der Waals surface area contributed by atoms with Crippen LogP contribution < -0.4 is 5.32 Å². The Kier molecular flexibility index (Phi) is 5.33. The quantitative estimate of drug-likeness (QED) is 0.782. The summed E-state index contributed by atoms with van der Waals surface area (Å²) in [6.07, 6.45) is 1.01. The van der Waals surface area contributed by atoms with Gasteiger partial charge in [0.25, 0.3) is 0 Å². The molecule has 18 heavy (non-hydrogen) atoms. The van der Waals surface area contributed by atoms with Crippen LogP contribution in [0.4, 0.5) is 4.39 Å². The normalized spacial score (nSPS) is 13.9. The van der Waals surface area contributed by atoms with Gasteiger partial charge in [0.15, 0.2) is 0 Å². The van der Waals surface area contributed by atoms with Crippen LogP contribution in [0.1, 0.15) is 52.6 Å². The number of halogens is 1. The van der Waals surface area contributed by atoms with E-state index in [1.54, 1.807) is 0 Å². The maximum Gasteiger partial charge on any atom is 0.123 e. The SMILES string of the molecule is CCC(NCC(C)(C)C(C)C)c1ccc(F)cc1. The van der Waals surface area contributed by atoms with Crippen molar-refractivity contribution in [1.29, 1.82) is 0 Å². The van der Waals surface area contributed by atoms with Gasteiger partial charge in [-0.05, 0) is 35.4 Å². The first-order valence-corrected chi connectivity index (χ1v) is 6.85. The average Bonchev–Trinajstić information content (AvgIpc) is 2.31. The molecule has 1 atom stereocenters. The Morgan fingerprint density at radius 3 is 2.17 bits per heavy atom. The Hall–Kier alpha value is -0.890. The van der Waals surface area contributed by atoms with E-state index in [2.05, 4.69) is 39.9 Å². The molecule has 2 heteroatoms. The highest BCUT2D eigenvalue weighted by Gasteiger charge is 2.23. The van der Waals surface area contributed by atoms with Crippen LogP contribution in [0.5, 0.6) is 0 Å². The van der Waals surface area contributed by atoms with Gasteiger partial charge in [0, 0.05) is 12.6 Å². The molecule has 1 aromatic rings. The molecule has 0 aliphatic rings. The molecular weight excluding hydrogens is 225 g/mol. The van der Waals surface area contributed by atoms with Gasteiger partial charge in [-0.3, -0.25) is 0 Å². The third-order valence-electron chi connectivity index (χ3n) is 4.05. The zero-order valence-electron chi connectivity index (χ0n) is 12.3. The van der Waals surface area contributed by atoms with Crippen molar-refractivity contribution < 1.29 is 4.39 Å². The van der Waals surface area contributed by atoms with Crippen molar-refractivity contribution in [1.82, 2.24) is 5.32 Å². The Morgan fingerprint density at radius 2 is 1.72 bits per heavy atom. The first-order chi connectivity index (χ1) is 8.36. The largest absolute Gasteiger partial charge is 0.309 e. The van der Waals surface area contributed by atoms with Gasteiger partial charge in [0.2, 0.25) is 0 Å². The summed E-state index contributed by atoms with van der Waals surface area (Å²) in [7, 11) is 0. The molecule has 0 heterocycles. The number of benzene rings is 1. The predicted octanol–water partition coefficient (Wildman–Crippen LogP) is 4.55. The van der Waals surface area contributed by atoms with Gasteiger partial charge < -0.3 is 5.32 Å². The Morgan fingerprint density at radius 1 is 1.17 bits per heavy atom. The van der Waals surface area contributed by atoms with E-state index < -0.39 is 0 Å². The van der Waals surface area contributed by atoms with Gasteiger partial charge in [-0.25, -0.2) is 4.39 Å². The number of nitrogens with one attached hydrogen (secondary N) is 1. The molecule has 1 rings (SSSR count). The van der Waals surface area contributed by atoms with Gasteiger partial charge in [-0.2, -0.15) is 0 Å². The van der Waals surface area contributed by atoms with E-state index in [9.17, 15) is 4.39 Å². The van der Waals surface area contributed by atoms with E-state index in [-0.39, 0.29) is 11.2 Å². The van der Waals surface area contributed by atoms with Crippen LogP contribution in [0.15, 0.2) is 24.3 Å². The Labute approximate surface area is 111 Å². The monoisotopic (exact) mass is 251 g/mol. The summed E-state index contributed by atoms with van der Waals surface area (Å²) < 4.78 is 12.9. The molecule has 0 radical (unpaired) electrons. The van der Waals surface area contributed by atoms with Crippen molar-refractivity contribution in [3.05, 3.63) is 35.6 Å². The van der Waals surface area contributed by atoms with E-state index in [0.29, 0.717) is 12.0 Å². The van der Waals surface area contributed by atoms with E-state index in [4.69, 9.17) is 0 Å². The molecule has 1 N–H and O–H groups in total. The van der Waals surface area contributed by atoms with Gasteiger partial charge in [-0.1, -0.05) is 46.8 Å². The molecule has 0 aliphatic heterocycles. The molecule has 1 nitrogen and oxygen atoms in total. The first kappa shape index (κ1) is 15.2. The van der Waals surface area contributed by atoms with Crippen molar-refractivity contribution in [2.45, 2.75) is 47.1 Å². The molecule has 0 spiro atoms. The first-order valence-electron chi connectivity index (χ1n) is 6.85. The van der Waals surface area contributed by atoms with Crippen LogP contribution in [0.25, 0.3) is 0 Å². The predicted molar refractivity (Wildman–Crippen MR) is 76.1 cm³/mol.